The second-order valence-corrected chi connectivity index (χ2v) is 19.7. The fourth-order valence-corrected chi connectivity index (χ4v) is 10.2. The maximum Gasteiger partial charge on any atom is 0.408 e. The highest BCUT2D eigenvalue weighted by Gasteiger charge is 2.67. The minimum atomic E-state index is -4.14. The Morgan fingerprint density at radius 2 is 1.74 bits per heavy atom. The van der Waals surface area contributed by atoms with E-state index in [9.17, 15) is 36.4 Å². The van der Waals surface area contributed by atoms with Gasteiger partial charge in [0.15, 0.2) is 0 Å². The maximum absolute atomic E-state index is 14.8. The summed E-state index contributed by atoms with van der Waals surface area (Å²) in [5.74, 6) is -4.41. The van der Waals surface area contributed by atoms with Crippen molar-refractivity contribution in [3.05, 3.63) is 23.9 Å². The Morgan fingerprint density at radius 3 is 2.41 bits per heavy atom. The van der Waals surface area contributed by atoms with E-state index in [2.05, 4.69) is 10.6 Å². The zero-order valence-electron chi connectivity index (χ0n) is 33.6. The zero-order chi connectivity index (χ0) is 41.7. The number of aryl methyl sites for hydroxylation is 1. The predicted molar refractivity (Wildman–Crippen MR) is 206 cm³/mol. The van der Waals surface area contributed by atoms with Crippen LogP contribution in [0.2, 0.25) is 0 Å². The van der Waals surface area contributed by atoms with Crippen molar-refractivity contribution in [3.63, 3.8) is 0 Å². The molecule has 1 unspecified atom stereocenters. The molecule has 18 heteroatoms. The average Bonchev–Trinajstić information content (AvgIpc) is 4.07. The van der Waals surface area contributed by atoms with E-state index in [1.807, 2.05) is 4.72 Å². The van der Waals surface area contributed by atoms with Crippen LogP contribution in [0.25, 0.3) is 11.0 Å². The molecule has 3 aliphatic carbocycles. The summed E-state index contributed by atoms with van der Waals surface area (Å²) in [4.78, 5) is 67.4. The number of sulfonamides is 1. The number of fused-ring (bicyclic) bond motifs is 5. The molecule has 3 N–H and O–H groups in total. The summed E-state index contributed by atoms with van der Waals surface area (Å²) in [5.41, 5.74) is -1.42. The van der Waals surface area contributed by atoms with Crippen LogP contribution >= 0.6 is 0 Å². The normalized spacial score (nSPS) is 30.9. The first kappa shape index (κ1) is 41.8. The highest BCUT2D eigenvalue weighted by Crippen LogP contribution is 2.49. The van der Waals surface area contributed by atoms with E-state index in [1.165, 1.54) is 12.0 Å². The molecule has 3 heterocycles. The molecule has 2 aliphatic heterocycles. The van der Waals surface area contributed by atoms with Crippen molar-refractivity contribution >= 4 is 44.9 Å². The number of rotatable bonds is 7. The summed E-state index contributed by atoms with van der Waals surface area (Å²) in [7, 11) is -2.61. The second kappa shape index (κ2) is 16.0. The van der Waals surface area contributed by atoms with Crippen LogP contribution in [0.4, 0.5) is 13.6 Å². The standard InChI is InChI=1S/C40H54F2N6O9S/c1-21-30-20-48(31(21)34(49)46-40(19-25(40)33(41)42)37(51)47-58(53,54)24-15-16-24)36(50)32(39(2,3)4)45-38(52)57-29-13-9-11-22(29)10-7-6-8-12-27-35(56-30)44-28-18-23(55-5)14-17-26(28)43-27/h14,17-18,21-22,24-25,29-33H,6-13,15-16,19-20H2,1-5H3,(H,45,52)(H,46,49)(H,47,51)/t21-,22?,25+,29-,30+,31+,32-,40-/m1/s1. The van der Waals surface area contributed by atoms with Crippen LogP contribution in [-0.4, -0.2) is 102 Å². The first-order chi connectivity index (χ1) is 27.4. The van der Waals surface area contributed by atoms with Gasteiger partial charge in [-0.1, -0.05) is 40.5 Å². The average molecular weight is 833 g/mol. The van der Waals surface area contributed by atoms with Crippen molar-refractivity contribution in [2.75, 3.05) is 13.7 Å². The van der Waals surface area contributed by atoms with Crippen molar-refractivity contribution in [1.82, 2.24) is 30.2 Å². The van der Waals surface area contributed by atoms with Crippen molar-refractivity contribution < 1.29 is 50.6 Å². The zero-order valence-corrected chi connectivity index (χ0v) is 34.4. The van der Waals surface area contributed by atoms with E-state index in [-0.39, 0.29) is 24.4 Å². The van der Waals surface area contributed by atoms with Gasteiger partial charge in [-0.15, -0.1) is 0 Å². The van der Waals surface area contributed by atoms with Crippen LogP contribution in [0.15, 0.2) is 18.2 Å². The topological polar surface area (TPSA) is 195 Å². The first-order valence-corrected chi connectivity index (χ1v) is 21.9. The second-order valence-electron chi connectivity index (χ2n) is 17.7. The number of hydrogen-bond donors (Lipinski definition) is 3. The number of alkyl halides is 2. The summed E-state index contributed by atoms with van der Waals surface area (Å²) in [6, 6.07) is 2.70. The Bertz CT molecular complexity index is 2050. The summed E-state index contributed by atoms with van der Waals surface area (Å²) in [5, 5.41) is 4.44. The maximum atomic E-state index is 14.8. The number of nitrogens with zero attached hydrogens (tertiary/aromatic N) is 3. The fraction of sp³-hybridized carbons (Fsp3) is 0.700. The highest BCUT2D eigenvalue weighted by atomic mass is 32.2. The Labute approximate surface area is 337 Å². The predicted octanol–water partition coefficient (Wildman–Crippen LogP) is 4.41. The van der Waals surface area contributed by atoms with Gasteiger partial charge in [0.05, 0.1) is 35.9 Å². The van der Waals surface area contributed by atoms with Crippen molar-refractivity contribution in [1.29, 1.82) is 0 Å². The van der Waals surface area contributed by atoms with Crippen LogP contribution in [0, 0.1) is 23.2 Å². The Kier molecular flexibility index (Phi) is 11.5. The van der Waals surface area contributed by atoms with Gasteiger partial charge in [0, 0.05) is 12.0 Å². The summed E-state index contributed by atoms with van der Waals surface area (Å²) in [6.07, 6.45) is 1.59. The molecule has 1 aromatic heterocycles. The SMILES string of the molecule is COc1ccc2nc3c(nc2c1)O[C@H]1CN(C(=O)[C@H](C(C)(C)C)NC(=O)O[C@@H]2CCCC2CCCCC3)[C@H](C(=O)N[C@]2(C(=O)NS(=O)(=O)C3CC3)C[C@H]2C(F)F)[C@@H]1C. The fourth-order valence-electron chi connectivity index (χ4n) is 8.79. The molecule has 0 radical (unpaired) electrons. The van der Waals surface area contributed by atoms with Crippen LogP contribution in [0.1, 0.15) is 97.6 Å². The van der Waals surface area contributed by atoms with Gasteiger partial charge in [0.1, 0.15) is 41.3 Å². The molecule has 8 atom stereocenters. The molecule has 0 spiro atoms. The van der Waals surface area contributed by atoms with Crippen molar-refractivity contribution in [2.24, 2.45) is 23.2 Å². The Hall–Kier alpha value is -4.35. The van der Waals surface area contributed by atoms with Gasteiger partial charge in [-0.05, 0) is 81.3 Å². The summed E-state index contributed by atoms with van der Waals surface area (Å²) < 4.78 is 73.9. The molecule has 2 aromatic rings. The minimum absolute atomic E-state index is 0.166. The van der Waals surface area contributed by atoms with E-state index >= 15 is 0 Å². The molecule has 318 valence electrons. The molecule has 15 nitrogen and oxygen atoms in total. The summed E-state index contributed by atoms with van der Waals surface area (Å²) in [6.45, 7) is 6.75. The summed E-state index contributed by atoms with van der Waals surface area (Å²) >= 11 is 0. The number of halogens is 2. The number of nitrogens with one attached hydrogen (secondary N) is 3. The number of carbonyl (C=O) groups is 4. The quantitative estimate of drug-likeness (QED) is 0.358. The van der Waals surface area contributed by atoms with E-state index in [1.54, 1.807) is 45.9 Å². The number of ether oxygens (including phenoxy) is 3. The lowest BCUT2D eigenvalue weighted by Crippen LogP contribution is -2.61. The van der Waals surface area contributed by atoms with Crippen molar-refractivity contribution in [3.8, 4) is 11.6 Å². The number of alkyl carbamates (subject to hydrolysis) is 1. The van der Waals surface area contributed by atoms with Gasteiger partial charge in [0.25, 0.3) is 5.91 Å². The highest BCUT2D eigenvalue weighted by molar-refractivity contribution is 7.91. The third-order valence-electron chi connectivity index (χ3n) is 12.5. The van der Waals surface area contributed by atoms with Gasteiger partial charge >= 0.3 is 6.09 Å². The molecule has 1 aromatic carbocycles. The monoisotopic (exact) mass is 832 g/mol. The van der Waals surface area contributed by atoms with Crippen LogP contribution in [-0.2, 0) is 35.6 Å². The lowest BCUT2D eigenvalue weighted by atomic mass is 9.85. The van der Waals surface area contributed by atoms with Gasteiger partial charge in [0.2, 0.25) is 34.1 Å². The molecule has 1 saturated heterocycles. The Morgan fingerprint density at radius 1 is 1.00 bits per heavy atom. The number of hydrogen-bond acceptors (Lipinski definition) is 11. The van der Waals surface area contributed by atoms with Gasteiger partial charge in [-0.2, -0.15) is 0 Å². The van der Waals surface area contributed by atoms with Gasteiger partial charge < -0.3 is 29.7 Å². The van der Waals surface area contributed by atoms with Gasteiger partial charge in [-0.3, -0.25) is 19.1 Å². The molecular formula is C40H54F2N6O9S. The van der Waals surface area contributed by atoms with Gasteiger partial charge in [-0.25, -0.2) is 32.0 Å². The van der Waals surface area contributed by atoms with E-state index in [4.69, 9.17) is 24.2 Å². The van der Waals surface area contributed by atoms with E-state index < -0.39 is 92.9 Å². The molecule has 2 bridgehead atoms. The lowest BCUT2D eigenvalue weighted by molar-refractivity contribution is -0.143. The van der Waals surface area contributed by atoms with E-state index in [0.29, 0.717) is 48.2 Å². The van der Waals surface area contributed by atoms with Crippen molar-refractivity contribution in [2.45, 2.75) is 140 Å². The third-order valence-corrected chi connectivity index (χ3v) is 14.3. The number of aromatic nitrogens is 2. The molecule has 58 heavy (non-hydrogen) atoms. The van der Waals surface area contributed by atoms with Crippen LogP contribution in [0.5, 0.6) is 11.6 Å². The molecule has 7 rings (SSSR count). The number of amides is 4. The third kappa shape index (κ3) is 8.53. The van der Waals surface area contributed by atoms with Crippen LogP contribution in [0.3, 0.4) is 0 Å². The molecule has 5 aliphatic rings. The largest absolute Gasteiger partial charge is 0.497 e. The van der Waals surface area contributed by atoms with Crippen LogP contribution < -0.4 is 24.8 Å². The Balaban J connectivity index is 1.26. The molecule has 4 fully saturated rings. The smallest absolute Gasteiger partial charge is 0.408 e. The first-order valence-electron chi connectivity index (χ1n) is 20.4. The lowest BCUT2D eigenvalue weighted by Gasteiger charge is -2.36. The number of benzene rings is 1. The van der Waals surface area contributed by atoms with E-state index in [0.717, 1.165) is 38.5 Å². The minimum Gasteiger partial charge on any atom is -0.497 e. The molecular weight excluding hydrogens is 779 g/mol. The number of carbonyl (C=O) groups excluding carboxylic acids is 4. The molecule has 4 amide bonds. The molecule has 3 saturated carbocycles. The number of methoxy groups -OCH3 is 1.